The molecule has 4 heteroatoms. The molecule has 0 aliphatic carbocycles. The highest BCUT2D eigenvalue weighted by atomic mass is 16.5. The SMILES string of the molecule is Cc1cccc(NC(=O)N(C)O)c1. The Hall–Kier alpha value is -1.55. The minimum atomic E-state index is -0.550. The molecular formula is C9H12N2O2. The van der Waals surface area contributed by atoms with Crippen LogP contribution in [0.2, 0.25) is 0 Å². The second kappa shape index (κ2) is 3.91. The Balaban J connectivity index is 2.69. The first-order valence-corrected chi connectivity index (χ1v) is 3.90. The lowest BCUT2D eigenvalue weighted by Gasteiger charge is -2.10. The Morgan fingerprint density at radius 2 is 2.23 bits per heavy atom. The van der Waals surface area contributed by atoms with Crippen molar-refractivity contribution < 1.29 is 10.0 Å². The number of hydrogen-bond acceptors (Lipinski definition) is 2. The largest absolute Gasteiger partial charge is 0.345 e. The van der Waals surface area contributed by atoms with Gasteiger partial charge in [-0.25, -0.2) is 9.86 Å². The second-order valence-electron chi connectivity index (χ2n) is 2.82. The number of nitrogens with one attached hydrogen (secondary N) is 1. The molecule has 0 fully saturated rings. The number of nitrogens with zero attached hydrogens (tertiary/aromatic N) is 1. The van der Waals surface area contributed by atoms with Crippen LogP contribution in [0, 0.1) is 6.92 Å². The number of rotatable bonds is 1. The maximum atomic E-state index is 11.0. The van der Waals surface area contributed by atoms with E-state index in [-0.39, 0.29) is 0 Å². The van der Waals surface area contributed by atoms with E-state index < -0.39 is 6.03 Å². The summed E-state index contributed by atoms with van der Waals surface area (Å²) in [5.74, 6) is 0. The number of aryl methyl sites for hydroxylation is 1. The molecule has 0 atom stereocenters. The summed E-state index contributed by atoms with van der Waals surface area (Å²) in [6, 6.07) is 6.79. The molecule has 0 unspecified atom stereocenters. The molecule has 0 aromatic heterocycles. The Morgan fingerprint density at radius 3 is 2.77 bits per heavy atom. The normalized spacial score (nSPS) is 9.46. The monoisotopic (exact) mass is 180 g/mol. The molecule has 0 heterocycles. The van der Waals surface area contributed by atoms with Crippen molar-refractivity contribution in [2.45, 2.75) is 6.92 Å². The zero-order valence-corrected chi connectivity index (χ0v) is 7.61. The summed E-state index contributed by atoms with van der Waals surface area (Å²) in [4.78, 5) is 11.0. The number of amides is 2. The molecule has 0 spiro atoms. The van der Waals surface area contributed by atoms with E-state index in [4.69, 9.17) is 5.21 Å². The van der Waals surface area contributed by atoms with Gasteiger partial charge in [-0.1, -0.05) is 12.1 Å². The first kappa shape index (κ1) is 9.54. The summed E-state index contributed by atoms with van der Waals surface area (Å²) in [5.41, 5.74) is 1.73. The summed E-state index contributed by atoms with van der Waals surface area (Å²) in [6.07, 6.45) is 0. The predicted octanol–water partition coefficient (Wildman–Crippen LogP) is 1.85. The maximum absolute atomic E-state index is 11.0. The average Bonchev–Trinajstić information content (AvgIpc) is 2.04. The average molecular weight is 180 g/mol. The van der Waals surface area contributed by atoms with Crippen LogP contribution < -0.4 is 5.32 Å². The molecule has 0 radical (unpaired) electrons. The summed E-state index contributed by atoms with van der Waals surface area (Å²) < 4.78 is 0. The van der Waals surface area contributed by atoms with E-state index >= 15 is 0 Å². The molecule has 2 N–H and O–H groups in total. The smallest absolute Gasteiger partial charge is 0.306 e. The Morgan fingerprint density at radius 1 is 1.54 bits per heavy atom. The fraction of sp³-hybridized carbons (Fsp3) is 0.222. The first-order valence-electron chi connectivity index (χ1n) is 3.90. The van der Waals surface area contributed by atoms with Crippen molar-refractivity contribution in [3.63, 3.8) is 0 Å². The zero-order chi connectivity index (χ0) is 9.84. The molecule has 0 saturated carbocycles. The van der Waals surface area contributed by atoms with Gasteiger partial charge in [-0.2, -0.15) is 0 Å². The Kier molecular flexibility index (Phi) is 2.87. The van der Waals surface area contributed by atoms with Crippen molar-refractivity contribution in [1.82, 2.24) is 5.06 Å². The van der Waals surface area contributed by atoms with E-state index in [2.05, 4.69) is 5.32 Å². The van der Waals surface area contributed by atoms with Crippen LogP contribution in [0.1, 0.15) is 5.56 Å². The van der Waals surface area contributed by atoms with Gasteiger partial charge >= 0.3 is 6.03 Å². The van der Waals surface area contributed by atoms with Gasteiger partial charge in [0.2, 0.25) is 0 Å². The molecule has 1 aromatic rings. The van der Waals surface area contributed by atoms with Crippen LogP contribution in [0.4, 0.5) is 10.5 Å². The fourth-order valence-electron chi connectivity index (χ4n) is 0.927. The number of hydrogen-bond donors (Lipinski definition) is 2. The van der Waals surface area contributed by atoms with Gasteiger partial charge in [0, 0.05) is 12.7 Å². The van der Waals surface area contributed by atoms with Gasteiger partial charge in [0.05, 0.1) is 0 Å². The van der Waals surface area contributed by atoms with E-state index in [0.29, 0.717) is 10.8 Å². The fourth-order valence-corrected chi connectivity index (χ4v) is 0.927. The number of carbonyl (C=O) groups excluding carboxylic acids is 1. The highest BCUT2D eigenvalue weighted by Gasteiger charge is 2.04. The molecule has 0 saturated heterocycles. The number of benzene rings is 1. The minimum Gasteiger partial charge on any atom is -0.306 e. The van der Waals surface area contributed by atoms with Crippen molar-refractivity contribution >= 4 is 11.7 Å². The predicted molar refractivity (Wildman–Crippen MR) is 49.7 cm³/mol. The number of urea groups is 1. The molecule has 13 heavy (non-hydrogen) atoms. The quantitative estimate of drug-likeness (QED) is 0.512. The van der Waals surface area contributed by atoms with E-state index in [9.17, 15) is 4.79 Å². The van der Waals surface area contributed by atoms with Gasteiger partial charge in [-0.3, -0.25) is 5.21 Å². The molecule has 0 bridgehead atoms. The Labute approximate surface area is 76.7 Å². The van der Waals surface area contributed by atoms with E-state index in [1.165, 1.54) is 7.05 Å². The van der Waals surface area contributed by atoms with Gasteiger partial charge in [0.15, 0.2) is 0 Å². The van der Waals surface area contributed by atoms with Gasteiger partial charge in [0.25, 0.3) is 0 Å². The summed E-state index contributed by atoms with van der Waals surface area (Å²) >= 11 is 0. The summed E-state index contributed by atoms with van der Waals surface area (Å²) in [6.45, 7) is 1.93. The third-order valence-corrected chi connectivity index (χ3v) is 1.56. The second-order valence-corrected chi connectivity index (χ2v) is 2.82. The van der Waals surface area contributed by atoms with Gasteiger partial charge < -0.3 is 5.32 Å². The minimum absolute atomic E-state index is 0.502. The summed E-state index contributed by atoms with van der Waals surface area (Å²) in [5, 5.41) is 11.8. The van der Waals surface area contributed by atoms with Crippen LogP contribution >= 0.6 is 0 Å². The van der Waals surface area contributed by atoms with E-state index in [0.717, 1.165) is 5.56 Å². The first-order chi connectivity index (χ1) is 6.09. The molecule has 70 valence electrons. The van der Waals surface area contributed by atoms with Crippen LogP contribution in [-0.2, 0) is 0 Å². The standard InChI is InChI=1S/C9H12N2O2/c1-7-4-3-5-8(6-7)10-9(12)11(2)13/h3-6,13H,1-2H3,(H,10,12). The van der Waals surface area contributed by atoms with Crippen molar-refractivity contribution in [3.05, 3.63) is 29.8 Å². The van der Waals surface area contributed by atoms with Crippen molar-refractivity contribution in [2.24, 2.45) is 0 Å². The molecule has 1 rings (SSSR count). The third-order valence-electron chi connectivity index (χ3n) is 1.56. The highest BCUT2D eigenvalue weighted by Crippen LogP contribution is 2.09. The van der Waals surface area contributed by atoms with Crippen LogP contribution in [0.15, 0.2) is 24.3 Å². The number of carbonyl (C=O) groups is 1. The van der Waals surface area contributed by atoms with Crippen molar-refractivity contribution in [2.75, 3.05) is 12.4 Å². The van der Waals surface area contributed by atoms with Crippen LogP contribution in [0.3, 0.4) is 0 Å². The van der Waals surface area contributed by atoms with Crippen molar-refractivity contribution in [1.29, 1.82) is 0 Å². The van der Waals surface area contributed by atoms with E-state index in [1.807, 2.05) is 25.1 Å². The summed E-state index contributed by atoms with van der Waals surface area (Å²) in [7, 11) is 1.27. The molecule has 0 aliphatic rings. The molecular weight excluding hydrogens is 168 g/mol. The lowest BCUT2D eigenvalue weighted by Crippen LogP contribution is -2.27. The molecule has 4 nitrogen and oxygen atoms in total. The third kappa shape index (κ3) is 2.76. The van der Waals surface area contributed by atoms with E-state index in [1.54, 1.807) is 6.07 Å². The van der Waals surface area contributed by atoms with Gasteiger partial charge in [-0.15, -0.1) is 0 Å². The Bertz CT molecular complexity index is 310. The molecule has 0 aliphatic heterocycles. The highest BCUT2D eigenvalue weighted by molar-refractivity contribution is 5.88. The lowest BCUT2D eigenvalue weighted by molar-refractivity contribution is -0.0118. The van der Waals surface area contributed by atoms with Crippen LogP contribution in [0.5, 0.6) is 0 Å². The van der Waals surface area contributed by atoms with Crippen molar-refractivity contribution in [3.8, 4) is 0 Å². The lowest BCUT2D eigenvalue weighted by atomic mass is 10.2. The number of anilines is 1. The van der Waals surface area contributed by atoms with Gasteiger partial charge in [-0.05, 0) is 24.6 Å². The van der Waals surface area contributed by atoms with Crippen LogP contribution in [0.25, 0.3) is 0 Å². The van der Waals surface area contributed by atoms with Crippen LogP contribution in [-0.4, -0.2) is 23.3 Å². The zero-order valence-electron chi connectivity index (χ0n) is 7.61. The number of hydroxylamine groups is 2. The van der Waals surface area contributed by atoms with Gasteiger partial charge in [0.1, 0.15) is 0 Å². The topological polar surface area (TPSA) is 52.6 Å². The molecule has 2 amide bonds. The molecule has 1 aromatic carbocycles. The maximum Gasteiger partial charge on any atom is 0.345 e.